The molecule has 0 spiro atoms. The SMILES string of the molecule is CN(C)CCCOc1c2c(nc3c(Cl)cc(Cl)cc13)CCCCC2. The molecule has 0 atom stereocenters. The normalized spacial score (nSPS) is 14.7. The fourth-order valence-electron chi connectivity index (χ4n) is 3.30. The predicted molar refractivity (Wildman–Crippen MR) is 102 cm³/mol. The second-order valence-corrected chi connectivity index (χ2v) is 7.56. The smallest absolute Gasteiger partial charge is 0.133 e. The molecule has 1 aliphatic rings. The molecule has 0 fully saturated rings. The van der Waals surface area contributed by atoms with E-state index >= 15 is 0 Å². The number of pyridine rings is 1. The van der Waals surface area contributed by atoms with Crippen molar-refractivity contribution in [2.24, 2.45) is 0 Å². The van der Waals surface area contributed by atoms with Crippen molar-refractivity contribution >= 4 is 34.1 Å². The average Bonchev–Trinajstić information content (AvgIpc) is 2.76. The molecule has 1 aromatic heterocycles. The predicted octanol–water partition coefficient (Wildman–Crippen LogP) is 5.14. The van der Waals surface area contributed by atoms with Crippen LogP contribution < -0.4 is 4.74 Å². The van der Waals surface area contributed by atoms with E-state index in [1.54, 1.807) is 6.07 Å². The highest BCUT2D eigenvalue weighted by Gasteiger charge is 2.20. The molecule has 1 aliphatic carbocycles. The summed E-state index contributed by atoms with van der Waals surface area (Å²) in [4.78, 5) is 7.02. The topological polar surface area (TPSA) is 25.4 Å². The number of benzene rings is 1. The van der Waals surface area contributed by atoms with Gasteiger partial charge in [-0.05, 0) is 58.3 Å². The maximum Gasteiger partial charge on any atom is 0.133 e. The van der Waals surface area contributed by atoms with Gasteiger partial charge in [0, 0.05) is 28.2 Å². The summed E-state index contributed by atoms with van der Waals surface area (Å²) < 4.78 is 6.25. The number of nitrogens with zero attached hydrogens (tertiary/aromatic N) is 2. The van der Waals surface area contributed by atoms with Crippen LogP contribution in [0.15, 0.2) is 12.1 Å². The number of aromatic nitrogens is 1. The largest absolute Gasteiger partial charge is 0.492 e. The Morgan fingerprint density at radius 1 is 1.12 bits per heavy atom. The van der Waals surface area contributed by atoms with Gasteiger partial charge in [0.15, 0.2) is 0 Å². The van der Waals surface area contributed by atoms with Gasteiger partial charge in [-0.1, -0.05) is 29.6 Å². The molecule has 24 heavy (non-hydrogen) atoms. The van der Waals surface area contributed by atoms with Crippen LogP contribution in [0.2, 0.25) is 10.0 Å². The van der Waals surface area contributed by atoms with E-state index < -0.39 is 0 Å². The second kappa shape index (κ2) is 7.90. The molecule has 0 saturated carbocycles. The lowest BCUT2D eigenvalue weighted by molar-refractivity contribution is 0.281. The molecule has 3 nitrogen and oxygen atoms in total. The van der Waals surface area contributed by atoms with Crippen LogP contribution in [0.25, 0.3) is 10.9 Å². The molecule has 5 heteroatoms. The molecule has 1 aromatic carbocycles. The van der Waals surface area contributed by atoms with Gasteiger partial charge in [0.25, 0.3) is 0 Å². The second-order valence-electron chi connectivity index (χ2n) is 6.72. The summed E-state index contributed by atoms with van der Waals surface area (Å²) in [6.45, 7) is 1.70. The Morgan fingerprint density at radius 3 is 2.71 bits per heavy atom. The van der Waals surface area contributed by atoms with Crippen LogP contribution in [-0.4, -0.2) is 37.1 Å². The fraction of sp³-hybridized carbons (Fsp3) is 0.526. The lowest BCUT2D eigenvalue weighted by Crippen LogP contribution is -2.16. The van der Waals surface area contributed by atoms with Crippen molar-refractivity contribution in [3.63, 3.8) is 0 Å². The molecule has 1 heterocycles. The first-order valence-corrected chi connectivity index (χ1v) is 9.40. The number of hydrogen-bond donors (Lipinski definition) is 0. The Bertz CT molecular complexity index is 731. The summed E-state index contributed by atoms with van der Waals surface area (Å²) >= 11 is 12.7. The average molecular weight is 367 g/mol. The van der Waals surface area contributed by atoms with Crippen LogP contribution in [0.3, 0.4) is 0 Å². The van der Waals surface area contributed by atoms with Crippen molar-refractivity contribution in [3.05, 3.63) is 33.4 Å². The molecule has 0 amide bonds. The zero-order chi connectivity index (χ0) is 17.1. The van der Waals surface area contributed by atoms with Crippen LogP contribution in [0.4, 0.5) is 0 Å². The standard InChI is InChI=1S/C19H24Cl2N2O/c1-23(2)9-6-10-24-19-14-7-4-3-5-8-17(14)22-18-15(19)11-13(20)12-16(18)21/h11-12H,3-10H2,1-2H3. The summed E-state index contributed by atoms with van der Waals surface area (Å²) in [5, 5.41) is 2.17. The summed E-state index contributed by atoms with van der Waals surface area (Å²) in [5.74, 6) is 0.944. The zero-order valence-corrected chi connectivity index (χ0v) is 15.9. The van der Waals surface area contributed by atoms with E-state index in [2.05, 4.69) is 19.0 Å². The summed E-state index contributed by atoms with van der Waals surface area (Å²) in [5.41, 5.74) is 3.21. The first kappa shape index (κ1) is 17.8. The first-order chi connectivity index (χ1) is 11.6. The molecular formula is C19H24Cl2N2O. The highest BCUT2D eigenvalue weighted by Crippen LogP contribution is 2.38. The van der Waals surface area contributed by atoms with Gasteiger partial charge in [0.05, 0.1) is 17.1 Å². The number of aryl methyl sites for hydroxylation is 1. The number of ether oxygens (including phenoxy) is 1. The molecule has 2 aromatic rings. The van der Waals surface area contributed by atoms with Crippen molar-refractivity contribution in [2.75, 3.05) is 27.2 Å². The van der Waals surface area contributed by atoms with Gasteiger partial charge in [-0.25, -0.2) is 0 Å². The van der Waals surface area contributed by atoms with Gasteiger partial charge in [-0.2, -0.15) is 0 Å². The minimum atomic E-state index is 0.600. The molecule has 0 N–H and O–H groups in total. The quantitative estimate of drug-likeness (QED) is 0.540. The Kier molecular flexibility index (Phi) is 5.85. The van der Waals surface area contributed by atoms with Crippen molar-refractivity contribution in [1.82, 2.24) is 9.88 Å². The van der Waals surface area contributed by atoms with Crippen LogP contribution >= 0.6 is 23.2 Å². The third-order valence-corrected chi connectivity index (χ3v) is 4.98. The summed E-state index contributed by atoms with van der Waals surface area (Å²) in [6, 6.07) is 3.69. The molecular weight excluding hydrogens is 343 g/mol. The van der Waals surface area contributed by atoms with E-state index in [1.165, 1.54) is 24.8 Å². The Hall–Kier alpha value is -1.03. The minimum absolute atomic E-state index is 0.600. The number of rotatable bonds is 5. The molecule has 0 saturated heterocycles. The van der Waals surface area contributed by atoms with Crippen LogP contribution in [0.5, 0.6) is 5.75 Å². The molecule has 3 rings (SSSR count). The molecule has 0 aliphatic heterocycles. The highest BCUT2D eigenvalue weighted by molar-refractivity contribution is 6.38. The van der Waals surface area contributed by atoms with Crippen molar-refractivity contribution in [2.45, 2.75) is 38.5 Å². The maximum atomic E-state index is 6.41. The van der Waals surface area contributed by atoms with E-state index in [9.17, 15) is 0 Å². The molecule has 0 radical (unpaired) electrons. The summed E-state index contributed by atoms with van der Waals surface area (Å²) in [7, 11) is 4.15. The zero-order valence-electron chi connectivity index (χ0n) is 14.4. The van der Waals surface area contributed by atoms with E-state index in [-0.39, 0.29) is 0 Å². The third kappa shape index (κ3) is 3.96. The van der Waals surface area contributed by atoms with E-state index in [0.717, 1.165) is 48.2 Å². The Labute approximate surface area is 153 Å². The monoisotopic (exact) mass is 366 g/mol. The molecule has 0 bridgehead atoms. The van der Waals surface area contributed by atoms with Crippen LogP contribution in [0, 0.1) is 0 Å². The van der Waals surface area contributed by atoms with Gasteiger partial charge < -0.3 is 9.64 Å². The number of halogens is 2. The molecule has 0 unspecified atom stereocenters. The number of fused-ring (bicyclic) bond motifs is 2. The van der Waals surface area contributed by atoms with Gasteiger partial charge in [0.1, 0.15) is 5.75 Å². The van der Waals surface area contributed by atoms with Crippen molar-refractivity contribution in [1.29, 1.82) is 0 Å². The van der Waals surface area contributed by atoms with E-state index in [4.69, 9.17) is 32.9 Å². The van der Waals surface area contributed by atoms with Crippen molar-refractivity contribution < 1.29 is 4.74 Å². The van der Waals surface area contributed by atoms with Crippen molar-refractivity contribution in [3.8, 4) is 5.75 Å². The first-order valence-electron chi connectivity index (χ1n) is 8.64. The third-order valence-electron chi connectivity index (χ3n) is 4.48. The van der Waals surface area contributed by atoms with Gasteiger partial charge >= 0.3 is 0 Å². The van der Waals surface area contributed by atoms with Gasteiger partial charge in [-0.15, -0.1) is 0 Å². The minimum Gasteiger partial charge on any atom is -0.492 e. The van der Waals surface area contributed by atoms with Gasteiger partial charge in [0.2, 0.25) is 0 Å². The Balaban J connectivity index is 2.03. The van der Waals surface area contributed by atoms with Gasteiger partial charge in [-0.3, -0.25) is 4.98 Å². The van der Waals surface area contributed by atoms with Crippen LogP contribution in [0.1, 0.15) is 36.9 Å². The lowest BCUT2D eigenvalue weighted by atomic mass is 10.0. The fourth-order valence-corrected chi connectivity index (χ4v) is 3.84. The van der Waals surface area contributed by atoms with E-state index in [1.807, 2.05) is 6.07 Å². The Morgan fingerprint density at radius 2 is 1.92 bits per heavy atom. The maximum absolute atomic E-state index is 6.41. The highest BCUT2D eigenvalue weighted by atomic mass is 35.5. The summed E-state index contributed by atoms with van der Waals surface area (Å²) in [6.07, 6.45) is 6.60. The molecule has 130 valence electrons. The van der Waals surface area contributed by atoms with E-state index in [0.29, 0.717) is 16.7 Å². The lowest BCUT2D eigenvalue weighted by Gasteiger charge is -2.18. The number of hydrogen-bond acceptors (Lipinski definition) is 3. The van der Waals surface area contributed by atoms with Crippen LogP contribution in [-0.2, 0) is 12.8 Å².